The van der Waals surface area contributed by atoms with E-state index in [0.717, 1.165) is 5.75 Å². The van der Waals surface area contributed by atoms with Crippen LogP contribution in [0.2, 0.25) is 0 Å². The zero-order chi connectivity index (χ0) is 12.5. The molecule has 0 saturated carbocycles. The highest BCUT2D eigenvalue weighted by Gasteiger charge is 2.28. The summed E-state index contributed by atoms with van der Waals surface area (Å²) in [6.07, 6.45) is 3.57. The van der Waals surface area contributed by atoms with Crippen LogP contribution < -0.4 is 9.64 Å². The van der Waals surface area contributed by atoms with E-state index in [-0.39, 0.29) is 5.54 Å². The molecule has 94 valence electrons. The Hall–Kier alpha value is -1.18. The number of rotatable bonds is 3. The molecule has 1 heterocycles. The van der Waals surface area contributed by atoms with Gasteiger partial charge in [0.25, 0.3) is 0 Å². The van der Waals surface area contributed by atoms with Crippen molar-refractivity contribution >= 4 is 5.69 Å². The first-order valence-corrected chi connectivity index (χ1v) is 6.53. The van der Waals surface area contributed by atoms with Crippen LogP contribution in [0.15, 0.2) is 18.2 Å². The van der Waals surface area contributed by atoms with E-state index >= 15 is 0 Å². The van der Waals surface area contributed by atoms with E-state index in [9.17, 15) is 0 Å². The highest BCUT2D eigenvalue weighted by atomic mass is 16.5. The maximum atomic E-state index is 5.31. The van der Waals surface area contributed by atoms with E-state index in [1.54, 1.807) is 7.11 Å². The summed E-state index contributed by atoms with van der Waals surface area (Å²) in [5.41, 5.74) is 3.06. The third-order valence-electron chi connectivity index (χ3n) is 4.00. The first-order chi connectivity index (χ1) is 8.08. The van der Waals surface area contributed by atoms with E-state index in [1.165, 1.54) is 37.1 Å². The summed E-state index contributed by atoms with van der Waals surface area (Å²) >= 11 is 0. The molecule has 0 unspecified atom stereocenters. The molecule has 1 aliphatic heterocycles. The zero-order valence-electron chi connectivity index (χ0n) is 11.4. The van der Waals surface area contributed by atoms with Crippen molar-refractivity contribution in [2.45, 2.75) is 45.6 Å². The lowest BCUT2D eigenvalue weighted by Gasteiger charge is -2.43. The van der Waals surface area contributed by atoms with Crippen LogP contribution in [-0.4, -0.2) is 19.2 Å². The van der Waals surface area contributed by atoms with Gasteiger partial charge in [0, 0.05) is 17.8 Å². The van der Waals surface area contributed by atoms with Gasteiger partial charge in [0.05, 0.1) is 7.11 Å². The molecule has 2 heteroatoms. The Balaban J connectivity index is 2.38. The fourth-order valence-corrected chi connectivity index (χ4v) is 2.52. The standard InChI is InChI=1S/C15H23NO/c1-5-15(2,3)16-10-6-7-12-11-13(17-4)8-9-14(12)16/h8-9,11H,5-7,10H2,1-4H3. The van der Waals surface area contributed by atoms with Gasteiger partial charge in [0.15, 0.2) is 0 Å². The normalized spacial score (nSPS) is 15.6. The molecule has 0 radical (unpaired) electrons. The molecular weight excluding hydrogens is 210 g/mol. The van der Waals surface area contributed by atoms with Gasteiger partial charge in [-0.2, -0.15) is 0 Å². The molecule has 2 rings (SSSR count). The van der Waals surface area contributed by atoms with Crippen molar-refractivity contribution in [1.29, 1.82) is 0 Å². The van der Waals surface area contributed by atoms with Crippen LogP contribution in [0.1, 0.15) is 39.2 Å². The lowest BCUT2D eigenvalue weighted by Crippen LogP contribution is -2.46. The number of fused-ring (bicyclic) bond motifs is 1. The zero-order valence-corrected chi connectivity index (χ0v) is 11.4. The van der Waals surface area contributed by atoms with Crippen molar-refractivity contribution in [2.75, 3.05) is 18.6 Å². The highest BCUT2D eigenvalue weighted by Crippen LogP contribution is 2.35. The van der Waals surface area contributed by atoms with Gasteiger partial charge in [-0.1, -0.05) is 6.92 Å². The Morgan fingerprint density at radius 1 is 1.35 bits per heavy atom. The molecule has 0 bridgehead atoms. The Bertz CT molecular complexity index is 398. The summed E-state index contributed by atoms with van der Waals surface area (Å²) in [4.78, 5) is 2.55. The minimum absolute atomic E-state index is 0.240. The predicted molar refractivity (Wildman–Crippen MR) is 73.0 cm³/mol. The quantitative estimate of drug-likeness (QED) is 0.790. The van der Waals surface area contributed by atoms with Crippen LogP contribution >= 0.6 is 0 Å². The molecule has 0 fully saturated rings. The van der Waals surface area contributed by atoms with Crippen LogP contribution in [-0.2, 0) is 6.42 Å². The first-order valence-electron chi connectivity index (χ1n) is 6.53. The number of ether oxygens (including phenoxy) is 1. The van der Waals surface area contributed by atoms with Gasteiger partial charge in [-0.3, -0.25) is 0 Å². The molecule has 0 spiro atoms. The lowest BCUT2D eigenvalue weighted by atomic mass is 9.92. The van der Waals surface area contributed by atoms with Crippen molar-refractivity contribution in [3.63, 3.8) is 0 Å². The molecule has 0 saturated heterocycles. The number of hydrogen-bond acceptors (Lipinski definition) is 2. The fraction of sp³-hybridized carbons (Fsp3) is 0.600. The van der Waals surface area contributed by atoms with E-state index in [0.29, 0.717) is 0 Å². The molecule has 1 aromatic rings. The van der Waals surface area contributed by atoms with E-state index in [2.05, 4.69) is 43.9 Å². The third-order valence-corrected chi connectivity index (χ3v) is 4.00. The Labute approximate surface area is 105 Å². The Morgan fingerprint density at radius 3 is 2.76 bits per heavy atom. The maximum Gasteiger partial charge on any atom is 0.119 e. The minimum atomic E-state index is 0.240. The molecule has 1 aromatic carbocycles. The minimum Gasteiger partial charge on any atom is -0.497 e. The molecule has 0 atom stereocenters. The third kappa shape index (κ3) is 2.26. The number of benzene rings is 1. The second kappa shape index (κ2) is 4.59. The second-order valence-electron chi connectivity index (χ2n) is 5.42. The summed E-state index contributed by atoms with van der Waals surface area (Å²) in [7, 11) is 1.73. The number of nitrogens with zero attached hydrogens (tertiary/aromatic N) is 1. The molecular formula is C15H23NO. The summed E-state index contributed by atoms with van der Waals surface area (Å²) in [5, 5.41) is 0. The van der Waals surface area contributed by atoms with Crippen molar-refractivity contribution < 1.29 is 4.74 Å². The lowest BCUT2D eigenvalue weighted by molar-refractivity contribution is 0.410. The molecule has 2 nitrogen and oxygen atoms in total. The van der Waals surface area contributed by atoms with Gasteiger partial charge in [-0.15, -0.1) is 0 Å². The van der Waals surface area contributed by atoms with E-state index < -0.39 is 0 Å². The summed E-state index contributed by atoms with van der Waals surface area (Å²) in [6.45, 7) is 8.08. The molecule has 17 heavy (non-hydrogen) atoms. The van der Waals surface area contributed by atoms with Gasteiger partial charge >= 0.3 is 0 Å². The number of hydrogen-bond donors (Lipinski definition) is 0. The monoisotopic (exact) mass is 233 g/mol. The van der Waals surface area contributed by atoms with Crippen LogP contribution in [0.25, 0.3) is 0 Å². The summed E-state index contributed by atoms with van der Waals surface area (Å²) < 4.78 is 5.31. The number of methoxy groups -OCH3 is 1. The highest BCUT2D eigenvalue weighted by molar-refractivity contribution is 5.59. The fourth-order valence-electron chi connectivity index (χ4n) is 2.52. The van der Waals surface area contributed by atoms with Crippen molar-refractivity contribution in [3.05, 3.63) is 23.8 Å². The van der Waals surface area contributed by atoms with Gasteiger partial charge in [-0.05, 0) is 56.9 Å². The topological polar surface area (TPSA) is 12.5 Å². The smallest absolute Gasteiger partial charge is 0.119 e. The van der Waals surface area contributed by atoms with Gasteiger partial charge in [0.2, 0.25) is 0 Å². The van der Waals surface area contributed by atoms with Crippen molar-refractivity contribution in [2.24, 2.45) is 0 Å². The molecule has 0 amide bonds. The van der Waals surface area contributed by atoms with Gasteiger partial charge in [-0.25, -0.2) is 0 Å². The molecule has 0 aliphatic carbocycles. The average Bonchev–Trinajstić information content (AvgIpc) is 2.37. The maximum absolute atomic E-state index is 5.31. The van der Waals surface area contributed by atoms with Crippen LogP contribution in [0.3, 0.4) is 0 Å². The first kappa shape index (κ1) is 12.3. The summed E-state index contributed by atoms with van der Waals surface area (Å²) in [6, 6.07) is 6.47. The van der Waals surface area contributed by atoms with Gasteiger partial charge < -0.3 is 9.64 Å². The molecule has 0 N–H and O–H groups in total. The summed E-state index contributed by atoms with van der Waals surface area (Å²) in [5.74, 6) is 0.972. The number of anilines is 1. The number of aryl methyl sites for hydroxylation is 1. The SMILES string of the molecule is CCC(C)(C)N1CCCc2cc(OC)ccc21. The largest absolute Gasteiger partial charge is 0.497 e. The molecule has 1 aliphatic rings. The Kier molecular flexibility index (Phi) is 3.32. The van der Waals surface area contributed by atoms with Gasteiger partial charge in [0.1, 0.15) is 5.75 Å². The van der Waals surface area contributed by atoms with E-state index in [1.807, 2.05) is 0 Å². The average molecular weight is 233 g/mol. The predicted octanol–water partition coefficient (Wildman–Crippen LogP) is 3.64. The van der Waals surface area contributed by atoms with Crippen LogP contribution in [0.5, 0.6) is 5.75 Å². The van der Waals surface area contributed by atoms with E-state index in [4.69, 9.17) is 4.74 Å². The van der Waals surface area contributed by atoms with Crippen molar-refractivity contribution in [1.82, 2.24) is 0 Å². The van der Waals surface area contributed by atoms with Crippen LogP contribution in [0, 0.1) is 0 Å². The Morgan fingerprint density at radius 2 is 2.12 bits per heavy atom. The molecule has 0 aromatic heterocycles. The van der Waals surface area contributed by atoms with Crippen LogP contribution in [0.4, 0.5) is 5.69 Å². The van der Waals surface area contributed by atoms with Crippen molar-refractivity contribution in [3.8, 4) is 5.75 Å². The second-order valence-corrected chi connectivity index (χ2v) is 5.42.